The highest BCUT2D eigenvalue weighted by atomic mass is 35.5. The molecule has 0 radical (unpaired) electrons. The zero-order valence-electron chi connectivity index (χ0n) is 8.42. The van der Waals surface area contributed by atoms with Crippen LogP contribution in [0.15, 0.2) is 24.8 Å². The Kier molecular flexibility index (Phi) is 5.02. The van der Waals surface area contributed by atoms with Crippen LogP contribution >= 0.6 is 35.6 Å². The molecule has 0 saturated heterocycles. The monoisotopic (exact) mass is 291 g/mol. The van der Waals surface area contributed by atoms with Crippen molar-refractivity contribution in [3.63, 3.8) is 0 Å². The predicted molar refractivity (Wildman–Crippen MR) is 67.4 cm³/mol. The maximum absolute atomic E-state index is 5.88. The molecule has 8 heteroatoms. The Hall–Kier alpha value is -1.01. The summed E-state index contributed by atoms with van der Waals surface area (Å²) in [5.41, 5.74) is 5.88. The first-order valence-electron chi connectivity index (χ1n) is 4.37. The first-order valence-corrected chi connectivity index (χ1v) is 5.13. The molecular formula is C9H8Cl3N5. The fourth-order valence-corrected chi connectivity index (χ4v) is 1.28. The SMILES string of the molecule is Cl.NC(c1ncc(Cl)cn1)c1ncc(Cl)cn1. The molecule has 0 spiro atoms. The van der Waals surface area contributed by atoms with Crippen molar-refractivity contribution in [3.05, 3.63) is 46.5 Å². The van der Waals surface area contributed by atoms with Crippen molar-refractivity contribution < 1.29 is 0 Å². The number of hydrogen-bond donors (Lipinski definition) is 1. The largest absolute Gasteiger partial charge is 0.315 e. The highest BCUT2D eigenvalue weighted by Gasteiger charge is 2.14. The molecular weight excluding hydrogens is 284 g/mol. The van der Waals surface area contributed by atoms with Crippen LogP contribution in [0.4, 0.5) is 0 Å². The van der Waals surface area contributed by atoms with E-state index in [-0.39, 0.29) is 12.4 Å². The van der Waals surface area contributed by atoms with Gasteiger partial charge in [-0.05, 0) is 0 Å². The Morgan fingerprint density at radius 1 is 0.824 bits per heavy atom. The highest BCUT2D eigenvalue weighted by molar-refractivity contribution is 6.30. The van der Waals surface area contributed by atoms with E-state index in [0.29, 0.717) is 21.7 Å². The third kappa shape index (κ3) is 3.47. The number of aromatic nitrogens is 4. The van der Waals surface area contributed by atoms with Gasteiger partial charge in [0.25, 0.3) is 0 Å². The number of rotatable bonds is 2. The molecule has 0 bridgehead atoms. The number of nitrogens with zero attached hydrogens (tertiary/aromatic N) is 4. The molecule has 2 rings (SSSR count). The van der Waals surface area contributed by atoms with Gasteiger partial charge in [0.15, 0.2) is 11.6 Å². The molecule has 0 aliphatic carbocycles. The van der Waals surface area contributed by atoms with Gasteiger partial charge in [-0.3, -0.25) is 0 Å². The topological polar surface area (TPSA) is 77.6 Å². The van der Waals surface area contributed by atoms with E-state index in [0.717, 1.165) is 0 Å². The van der Waals surface area contributed by atoms with Crippen LogP contribution in [0.3, 0.4) is 0 Å². The van der Waals surface area contributed by atoms with Gasteiger partial charge >= 0.3 is 0 Å². The minimum atomic E-state index is -0.588. The summed E-state index contributed by atoms with van der Waals surface area (Å²) in [5.74, 6) is 0.818. The first kappa shape index (κ1) is 14.1. The van der Waals surface area contributed by atoms with Crippen LogP contribution in [0.25, 0.3) is 0 Å². The zero-order chi connectivity index (χ0) is 11.5. The summed E-state index contributed by atoms with van der Waals surface area (Å²) in [4.78, 5) is 16.0. The predicted octanol–water partition coefficient (Wildman–Crippen LogP) is 2.04. The molecule has 0 amide bonds. The van der Waals surface area contributed by atoms with E-state index in [2.05, 4.69) is 19.9 Å². The molecule has 0 saturated carbocycles. The third-order valence-electron chi connectivity index (χ3n) is 1.84. The Morgan fingerprint density at radius 2 is 1.12 bits per heavy atom. The van der Waals surface area contributed by atoms with Crippen LogP contribution < -0.4 is 5.73 Å². The molecule has 0 unspecified atom stereocenters. The van der Waals surface area contributed by atoms with Crippen LogP contribution in [-0.2, 0) is 0 Å². The molecule has 2 aromatic rings. The van der Waals surface area contributed by atoms with Crippen molar-refractivity contribution in [1.29, 1.82) is 0 Å². The van der Waals surface area contributed by atoms with Crippen molar-refractivity contribution in [1.82, 2.24) is 19.9 Å². The zero-order valence-corrected chi connectivity index (χ0v) is 10.7. The van der Waals surface area contributed by atoms with E-state index in [9.17, 15) is 0 Å². The second-order valence-electron chi connectivity index (χ2n) is 3.00. The number of hydrogen-bond acceptors (Lipinski definition) is 5. The van der Waals surface area contributed by atoms with Crippen LogP contribution in [-0.4, -0.2) is 19.9 Å². The highest BCUT2D eigenvalue weighted by Crippen LogP contribution is 2.14. The smallest absolute Gasteiger partial charge is 0.152 e. The quantitative estimate of drug-likeness (QED) is 0.916. The maximum Gasteiger partial charge on any atom is 0.152 e. The van der Waals surface area contributed by atoms with Gasteiger partial charge in [-0.15, -0.1) is 12.4 Å². The normalized spacial score (nSPS) is 10.1. The lowest BCUT2D eigenvalue weighted by molar-refractivity contribution is 0.721. The van der Waals surface area contributed by atoms with Gasteiger partial charge in [0.2, 0.25) is 0 Å². The lowest BCUT2D eigenvalue weighted by Crippen LogP contribution is -2.17. The first-order chi connectivity index (χ1) is 7.66. The van der Waals surface area contributed by atoms with E-state index in [4.69, 9.17) is 28.9 Å². The molecule has 0 atom stereocenters. The van der Waals surface area contributed by atoms with Gasteiger partial charge in [0, 0.05) is 24.8 Å². The average molecular weight is 293 g/mol. The number of halogens is 3. The molecule has 2 aromatic heterocycles. The van der Waals surface area contributed by atoms with E-state index in [1.54, 1.807) is 0 Å². The summed E-state index contributed by atoms with van der Waals surface area (Å²) >= 11 is 11.3. The maximum atomic E-state index is 5.88. The molecule has 5 nitrogen and oxygen atoms in total. The van der Waals surface area contributed by atoms with Crippen molar-refractivity contribution in [2.75, 3.05) is 0 Å². The summed E-state index contributed by atoms with van der Waals surface area (Å²) in [6.07, 6.45) is 5.89. The fraction of sp³-hybridized carbons (Fsp3) is 0.111. The molecule has 0 aromatic carbocycles. The number of nitrogens with two attached hydrogens (primary N) is 1. The standard InChI is InChI=1S/C9H7Cl2N5.ClH/c10-5-1-13-8(14-2-5)7(12)9-15-3-6(11)4-16-9;/h1-4,7H,12H2;1H. The minimum Gasteiger partial charge on any atom is -0.315 e. The lowest BCUT2D eigenvalue weighted by Gasteiger charge is -2.07. The van der Waals surface area contributed by atoms with Gasteiger partial charge in [0.05, 0.1) is 10.0 Å². The van der Waals surface area contributed by atoms with Crippen LogP contribution in [0, 0.1) is 0 Å². The fourth-order valence-electron chi connectivity index (χ4n) is 1.08. The Morgan fingerprint density at radius 3 is 1.41 bits per heavy atom. The van der Waals surface area contributed by atoms with Crippen molar-refractivity contribution >= 4 is 35.6 Å². The lowest BCUT2D eigenvalue weighted by atomic mass is 10.2. The summed E-state index contributed by atoms with van der Waals surface area (Å²) < 4.78 is 0. The van der Waals surface area contributed by atoms with Crippen LogP contribution in [0.1, 0.15) is 17.7 Å². The molecule has 90 valence electrons. The van der Waals surface area contributed by atoms with Gasteiger partial charge < -0.3 is 5.73 Å². The van der Waals surface area contributed by atoms with Crippen molar-refractivity contribution in [2.24, 2.45) is 5.73 Å². The Balaban J connectivity index is 0.00000144. The molecule has 0 aliphatic heterocycles. The Bertz CT molecular complexity index is 427. The van der Waals surface area contributed by atoms with E-state index in [1.165, 1.54) is 24.8 Å². The molecule has 0 aliphatic rings. The Labute approximate surface area is 114 Å². The van der Waals surface area contributed by atoms with E-state index >= 15 is 0 Å². The van der Waals surface area contributed by atoms with Crippen molar-refractivity contribution in [3.8, 4) is 0 Å². The van der Waals surface area contributed by atoms with Gasteiger partial charge in [-0.2, -0.15) is 0 Å². The second kappa shape index (κ2) is 6.07. The minimum absolute atomic E-state index is 0. The van der Waals surface area contributed by atoms with Crippen LogP contribution in [0.2, 0.25) is 10.0 Å². The van der Waals surface area contributed by atoms with E-state index < -0.39 is 6.04 Å². The summed E-state index contributed by atoms with van der Waals surface area (Å²) in [6.45, 7) is 0. The molecule has 17 heavy (non-hydrogen) atoms. The summed E-state index contributed by atoms with van der Waals surface area (Å²) in [6, 6.07) is -0.588. The van der Waals surface area contributed by atoms with Gasteiger partial charge in [-0.1, -0.05) is 23.2 Å². The third-order valence-corrected chi connectivity index (χ3v) is 2.23. The van der Waals surface area contributed by atoms with Crippen LogP contribution in [0.5, 0.6) is 0 Å². The second-order valence-corrected chi connectivity index (χ2v) is 3.87. The van der Waals surface area contributed by atoms with Gasteiger partial charge in [-0.25, -0.2) is 19.9 Å². The van der Waals surface area contributed by atoms with Crippen molar-refractivity contribution in [2.45, 2.75) is 6.04 Å². The van der Waals surface area contributed by atoms with E-state index in [1.807, 2.05) is 0 Å². The van der Waals surface area contributed by atoms with Gasteiger partial charge in [0.1, 0.15) is 6.04 Å². The summed E-state index contributed by atoms with van der Waals surface area (Å²) in [7, 11) is 0. The summed E-state index contributed by atoms with van der Waals surface area (Å²) in [5, 5.41) is 0.904. The average Bonchev–Trinajstić information content (AvgIpc) is 2.30. The molecule has 2 heterocycles. The molecule has 2 N–H and O–H groups in total. The molecule has 0 fully saturated rings.